The molecule has 1 amide bonds. The highest BCUT2D eigenvalue weighted by Gasteiger charge is 2.25. The maximum absolute atomic E-state index is 11.3. The third-order valence-corrected chi connectivity index (χ3v) is 3.07. The number of carbonyl (C=O) groups excluding carboxylic acids is 1. The van der Waals surface area contributed by atoms with Crippen molar-refractivity contribution in [3.8, 4) is 11.4 Å². The first-order chi connectivity index (χ1) is 8.83. The average molecular weight is 243 g/mol. The lowest BCUT2D eigenvalue weighted by Crippen LogP contribution is -2.32. The Labute approximate surface area is 104 Å². The van der Waals surface area contributed by atoms with Gasteiger partial charge in [-0.25, -0.2) is 0 Å². The molecule has 1 saturated heterocycles. The highest BCUT2D eigenvalue weighted by Crippen LogP contribution is 2.26. The van der Waals surface area contributed by atoms with Crippen LogP contribution in [0.3, 0.4) is 0 Å². The van der Waals surface area contributed by atoms with Crippen LogP contribution >= 0.6 is 0 Å². The maximum Gasteiger partial charge on any atom is 0.230 e. The zero-order valence-electron chi connectivity index (χ0n) is 9.80. The second-order valence-electron chi connectivity index (χ2n) is 4.36. The van der Waals surface area contributed by atoms with Gasteiger partial charge in [0.05, 0.1) is 0 Å². The van der Waals surface area contributed by atoms with Gasteiger partial charge in [-0.15, -0.1) is 0 Å². The summed E-state index contributed by atoms with van der Waals surface area (Å²) in [6.07, 6.45) is 1.28. The van der Waals surface area contributed by atoms with Crippen LogP contribution in [-0.4, -0.2) is 22.6 Å². The van der Waals surface area contributed by atoms with Gasteiger partial charge >= 0.3 is 0 Å². The number of hydrogen-bond donors (Lipinski definition) is 1. The molecule has 1 aliphatic rings. The summed E-state index contributed by atoms with van der Waals surface area (Å²) in [5.41, 5.74) is 0.924. The van der Waals surface area contributed by atoms with Gasteiger partial charge in [0.15, 0.2) is 0 Å². The second kappa shape index (κ2) is 4.60. The van der Waals surface area contributed by atoms with E-state index < -0.39 is 0 Å². The van der Waals surface area contributed by atoms with E-state index in [1.807, 2.05) is 30.3 Å². The van der Waals surface area contributed by atoms with Gasteiger partial charge in [0.25, 0.3) is 0 Å². The van der Waals surface area contributed by atoms with Gasteiger partial charge < -0.3 is 9.84 Å². The number of aromatic nitrogens is 2. The van der Waals surface area contributed by atoms with E-state index >= 15 is 0 Å². The standard InChI is InChI=1S/C13H13N3O2/c17-11-8-10(6-7-14-11)13-15-12(16-18-13)9-4-2-1-3-5-9/h1-5,10H,6-8H2,(H,14,17). The molecule has 18 heavy (non-hydrogen) atoms. The number of hydrogen-bond acceptors (Lipinski definition) is 4. The maximum atomic E-state index is 11.3. The minimum Gasteiger partial charge on any atom is -0.356 e. The topological polar surface area (TPSA) is 68.0 Å². The molecular formula is C13H13N3O2. The van der Waals surface area contributed by atoms with Crippen LogP contribution in [0.25, 0.3) is 11.4 Å². The summed E-state index contributed by atoms with van der Waals surface area (Å²) in [5.74, 6) is 1.23. The van der Waals surface area contributed by atoms with Gasteiger partial charge in [0.2, 0.25) is 17.6 Å². The SMILES string of the molecule is O=C1CC(c2nc(-c3ccccc3)no2)CCN1. The molecule has 1 aromatic heterocycles. The lowest BCUT2D eigenvalue weighted by molar-refractivity contribution is -0.122. The van der Waals surface area contributed by atoms with Gasteiger partial charge in [-0.05, 0) is 6.42 Å². The van der Waals surface area contributed by atoms with Crippen molar-refractivity contribution in [1.82, 2.24) is 15.5 Å². The first-order valence-electron chi connectivity index (χ1n) is 5.98. The van der Waals surface area contributed by atoms with Crippen molar-refractivity contribution in [2.45, 2.75) is 18.8 Å². The van der Waals surface area contributed by atoms with E-state index in [-0.39, 0.29) is 11.8 Å². The minimum absolute atomic E-state index is 0.0451. The van der Waals surface area contributed by atoms with E-state index in [9.17, 15) is 4.79 Å². The van der Waals surface area contributed by atoms with Crippen molar-refractivity contribution in [2.24, 2.45) is 0 Å². The Morgan fingerprint density at radius 3 is 2.89 bits per heavy atom. The lowest BCUT2D eigenvalue weighted by atomic mass is 9.98. The Hall–Kier alpha value is -2.17. The van der Waals surface area contributed by atoms with E-state index in [1.54, 1.807) is 0 Å². The number of rotatable bonds is 2. The van der Waals surface area contributed by atoms with E-state index in [1.165, 1.54) is 0 Å². The zero-order valence-corrected chi connectivity index (χ0v) is 9.80. The van der Waals surface area contributed by atoms with E-state index in [0.717, 1.165) is 12.0 Å². The zero-order chi connectivity index (χ0) is 12.4. The first kappa shape index (κ1) is 11.0. The number of piperidine rings is 1. The minimum atomic E-state index is 0.0451. The molecule has 0 spiro atoms. The van der Waals surface area contributed by atoms with Crippen LogP contribution in [0.15, 0.2) is 34.9 Å². The van der Waals surface area contributed by atoms with E-state index in [4.69, 9.17) is 4.52 Å². The van der Waals surface area contributed by atoms with E-state index in [0.29, 0.717) is 24.7 Å². The fourth-order valence-electron chi connectivity index (χ4n) is 2.10. The fraction of sp³-hybridized carbons (Fsp3) is 0.308. The van der Waals surface area contributed by atoms with Crippen molar-refractivity contribution in [3.63, 3.8) is 0 Å². The number of nitrogens with zero attached hydrogens (tertiary/aromatic N) is 2. The van der Waals surface area contributed by atoms with Crippen LogP contribution in [-0.2, 0) is 4.79 Å². The van der Waals surface area contributed by atoms with Crippen LogP contribution in [0.2, 0.25) is 0 Å². The summed E-state index contributed by atoms with van der Waals surface area (Å²) in [4.78, 5) is 15.7. The summed E-state index contributed by atoms with van der Waals surface area (Å²) in [5, 5.41) is 6.76. The molecule has 5 heteroatoms. The van der Waals surface area contributed by atoms with Crippen LogP contribution in [0.4, 0.5) is 0 Å². The smallest absolute Gasteiger partial charge is 0.230 e. The second-order valence-corrected chi connectivity index (χ2v) is 4.36. The third kappa shape index (κ3) is 2.11. The molecule has 1 aliphatic heterocycles. The highest BCUT2D eigenvalue weighted by molar-refractivity contribution is 5.77. The molecule has 2 heterocycles. The molecule has 1 atom stereocenters. The van der Waals surface area contributed by atoms with Crippen LogP contribution in [0.1, 0.15) is 24.7 Å². The Bertz CT molecular complexity index is 550. The summed E-state index contributed by atoms with van der Waals surface area (Å²) in [7, 11) is 0. The van der Waals surface area contributed by atoms with Crippen molar-refractivity contribution >= 4 is 5.91 Å². The Balaban J connectivity index is 1.83. The Kier molecular flexibility index (Phi) is 2.80. The monoisotopic (exact) mass is 243 g/mol. The molecule has 1 aromatic carbocycles. The van der Waals surface area contributed by atoms with Crippen LogP contribution in [0.5, 0.6) is 0 Å². The Morgan fingerprint density at radius 2 is 2.11 bits per heavy atom. The predicted molar refractivity (Wildman–Crippen MR) is 64.7 cm³/mol. The van der Waals surface area contributed by atoms with Crippen molar-refractivity contribution in [3.05, 3.63) is 36.2 Å². The molecule has 0 aliphatic carbocycles. The van der Waals surface area contributed by atoms with Crippen molar-refractivity contribution in [1.29, 1.82) is 0 Å². The van der Waals surface area contributed by atoms with Crippen molar-refractivity contribution < 1.29 is 9.32 Å². The molecule has 0 bridgehead atoms. The van der Waals surface area contributed by atoms with Crippen LogP contribution in [0, 0.1) is 0 Å². The molecule has 0 radical (unpaired) electrons. The van der Waals surface area contributed by atoms with Crippen LogP contribution < -0.4 is 5.32 Å². The molecular weight excluding hydrogens is 230 g/mol. The van der Waals surface area contributed by atoms with Gasteiger partial charge in [-0.2, -0.15) is 4.98 Å². The molecule has 2 aromatic rings. The molecule has 5 nitrogen and oxygen atoms in total. The summed E-state index contributed by atoms with van der Waals surface area (Å²) in [6.45, 7) is 0.673. The molecule has 0 saturated carbocycles. The van der Waals surface area contributed by atoms with Gasteiger partial charge in [-0.3, -0.25) is 4.79 Å². The normalized spacial score (nSPS) is 19.6. The largest absolute Gasteiger partial charge is 0.356 e. The fourth-order valence-corrected chi connectivity index (χ4v) is 2.10. The molecule has 92 valence electrons. The first-order valence-corrected chi connectivity index (χ1v) is 5.98. The van der Waals surface area contributed by atoms with Gasteiger partial charge in [0, 0.05) is 24.4 Å². The number of benzene rings is 1. The van der Waals surface area contributed by atoms with E-state index in [2.05, 4.69) is 15.5 Å². The average Bonchev–Trinajstić information content (AvgIpc) is 2.89. The lowest BCUT2D eigenvalue weighted by Gasteiger charge is -2.18. The highest BCUT2D eigenvalue weighted by atomic mass is 16.5. The molecule has 3 rings (SSSR count). The van der Waals surface area contributed by atoms with Gasteiger partial charge in [0.1, 0.15) is 0 Å². The number of amides is 1. The molecule has 1 unspecified atom stereocenters. The Morgan fingerprint density at radius 1 is 1.28 bits per heavy atom. The third-order valence-electron chi connectivity index (χ3n) is 3.07. The molecule has 1 N–H and O–H groups in total. The van der Waals surface area contributed by atoms with Crippen molar-refractivity contribution in [2.75, 3.05) is 6.54 Å². The predicted octanol–water partition coefficient (Wildman–Crippen LogP) is 1.73. The van der Waals surface area contributed by atoms with Gasteiger partial charge in [-0.1, -0.05) is 35.5 Å². The summed E-state index contributed by atoms with van der Waals surface area (Å²) in [6, 6.07) is 9.67. The number of nitrogens with one attached hydrogen (secondary N) is 1. The molecule has 1 fully saturated rings. The number of carbonyl (C=O) groups is 1. The quantitative estimate of drug-likeness (QED) is 0.872. The summed E-state index contributed by atoms with van der Waals surface area (Å²) < 4.78 is 5.27. The summed E-state index contributed by atoms with van der Waals surface area (Å²) >= 11 is 0.